The molecule has 1 saturated heterocycles. The quantitative estimate of drug-likeness (QED) is 0.877. The van der Waals surface area contributed by atoms with E-state index in [4.69, 9.17) is 4.42 Å². The van der Waals surface area contributed by atoms with E-state index < -0.39 is 0 Å². The second-order valence-corrected chi connectivity index (χ2v) is 6.52. The molecule has 2 heterocycles. The van der Waals surface area contributed by atoms with Crippen molar-refractivity contribution in [2.75, 3.05) is 18.4 Å². The van der Waals surface area contributed by atoms with Crippen molar-refractivity contribution in [3.63, 3.8) is 0 Å². The smallest absolute Gasteiger partial charge is 0.291 e. The van der Waals surface area contributed by atoms with Gasteiger partial charge in [0, 0.05) is 11.3 Å². The second-order valence-electron chi connectivity index (χ2n) is 5.74. The van der Waals surface area contributed by atoms with E-state index in [1.54, 1.807) is 17.0 Å². The molecule has 1 aliphatic heterocycles. The number of piperidine rings is 1. The SMILES string of the molecule is O=C(Nc1ccc(C[NH+]2CCCCC2)cc1)c1ccc(Br)o1. The molecule has 1 aliphatic rings. The molecule has 0 aliphatic carbocycles. The second kappa shape index (κ2) is 7.11. The Morgan fingerprint density at radius 3 is 2.45 bits per heavy atom. The predicted molar refractivity (Wildman–Crippen MR) is 89.1 cm³/mol. The summed E-state index contributed by atoms with van der Waals surface area (Å²) in [6.07, 6.45) is 4.04. The van der Waals surface area contributed by atoms with Gasteiger partial charge in [-0.25, -0.2) is 0 Å². The number of hydrogen-bond acceptors (Lipinski definition) is 2. The van der Waals surface area contributed by atoms with Crippen molar-refractivity contribution in [3.05, 3.63) is 52.4 Å². The van der Waals surface area contributed by atoms with Gasteiger partial charge in [-0.1, -0.05) is 12.1 Å². The number of rotatable bonds is 4. The molecule has 1 amide bonds. The zero-order chi connectivity index (χ0) is 15.4. The molecule has 0 unspecified atom stereocenters. The summed E-state index contributed by atoms with van der Waals surface area (Å²) in [7, 11) is 0. The largest absolute Gasteiger partial charge is 0.444 e. The minimum atomic E-state index is -0.236. The zero-order valence-corrected chi connectivity index (χ0v) is 14.0. The molecule has 1 aromatic heterocycles. The number of nitrogens with one attached hydrogen (secondary N) is 2. The average molecular weight is 364 g/mol. The summed E-state index contributed by atoms with van der Waals surface area (Å²) in [5.41, 5.74) is 2.10. The van der Waals surface area contributed by atoms with Crippen molar-refractivity contribution in [1.82, 2.24) is 0 Å². The molecule has 2 N–H and O–H groups in total. The number of hydrogen-bond donors (Lipinski definition) is 2. The molecule has 22 heavy (non-hydrogen) atoms. The molecule has 5 heteroatoms. The van der Waals surface area contributed by atoms with Crippen LogP contribution in [-0.4, -0.2) is 19.0 Å². The summed E-state index contributed by atoms with van der Waals surface area (Å²) in [5.74, 6) is 0.0637. The number of likely N-dealkylation sites (tertiary alicyclic amines) is 1. The molecule has 0 atom stereocenters. The molecule has 0 saturated carbocycles. The van der Waals surface area contributed by atoms with Crippen molar-refractivity contribution >= 4 is 27.5 Å². The van der Waals surface area contributed by atoms with Crippen LogP contribution >= 0.6 is 15.9 Å². The van der Waals surface area contributed by atoms with Gasteiger partial charge in [-0.3, -0.25) is 4.79 Å². The summed E-state index contributed by atoms with van der Waals surface area (Å²) < 4.78 is 5.80. The Kier molecular flexibility index (Phi) is 4.95. The number of furan rings is 1. The Hall–Kier alpha value is -1.59. The fourth-order valence-corrected chi connectivity index (χ4v) is 3.16. The molecule has 3 rings (SSSR count). The van der Waals surface area contributed by atoms with Gasteiger partial charge in [-0.2, -0.15) is 0 Å². The third-order valence-electron chi connectivity index (χ3n) is 4.02. The van der Waals surface area contributed by atoms with E-state index in [2.05, 4.69) is 33.4 Å². The normalized spacial score (nSPS) is 15.7. The van der Waals surface area contributed by atoms with E-state index in [9.17, 15) is 4.79 Å². The minimum absolute atomic E-state index is 0.236. The maximum Gasteiger partial charge on any atom is 0.291 e. The number of carbonyl (C=O) groups is 1. The lowest BCUT2D eigenvalue weighted by atomic mass is 10.1. The summed E-state index contributed by atoms with van der Waals surface area (Å²) in [6.45, 7) is 3.61. The van der Waals surface area contributed by atoms with Crippen LogP contribution in [0, 0.1) is 0 Å². The van der Waals surface area contributed by atoms with Crippen LogP contribution in [0.1, 0.15) is 35.4 Å². The van der Waals surface area contributed by atoms with Crippen LogP contribution in [0.2, 0.25) is 0 Å². The number of benzene rings is 1. The highest BCUT2D eigenvalue weighted by atomic mass is 79.9. The number of quaternary nitrogens is 1. The van der Waals surface area contributed by atoms with Crippen LogP contribution in [0.5, 0.6) is 0 Å². The molecule has 4 nitrogen and oxygen atoms in total. The Bertz CT molecular complexity index is 630. The zero-order valence-electron chi connectivity index (χ0n) is 12.4. The van der Waals surface area contributed by atoms with Crippen LogP contribution in [0.15, 0.2) is 45.5 Å². The van der Waals surface area contributed by atoms with Crippen molar-refractivity contribution in [2.24, 2.45) is 0 Å². The number of amides is 1. The monoisotopic (exact) mass is 363 g/mol. The van der Waals surface area contributed by atoms with E-state index in [0.717, 1.165) is 12.2 Å². The Morgan fingerprint density at radius 2 is 1.82 bits per heavy atom. The van der Waals surface area contributed by atoms with Crippen molar-refractivity contribution < 1.29 is 14.1 Å². The highest BCUT2D eigenvalue weighted by Crippen LogP contribution is 2.16. The third-order valence-corrected chi connectivity index (χ3v) is 4.45. The fourth-order valence-electron chi connectivity index (χ4n) is 2.85. The van der Waals surface area contributed by atoms with Gasteiger partial charge in [-0.15, -0.1) is 0 Å². The first-order valence-corrected chi connectivity index (χ1v) is 8.49. The lowest BCUT2D eigenvalue weighted by Gasteiger charge is -2.23. The molecule has 116 valence electrons. The Labute approximate surface area is 138 Å². The molecule has 1 fully saturated rings. The van der Waals surface area contributed by atoms with Gasteiger partial charge in [-0.05, 0) is 59.5 Å². The predicted octanol–water partition coefficient (Wildman–Crippen LogP) is 2.86. The average Bonchev–Trinajstić information content (AvgIpc) is 2.97. The number of carbonyl (C=O) groups excluding carboxylic acids is 1. The highest BCUT2D eigenvalue weighted by Gasteiger charge is 2.14. The van der Waals surface area contributed by atoms with Crippen LogP contribution < -0.4 is 10.2 Å². The van der Waals surface area contributed by atoms with E-state index in [1.807, 2.05) is 12.1 Å². The molecule has 0 radical (unpaired) electrons. The molecular weight excluding hydrogens is 344 g/mol. The lowest BCUT2D eigenvalue weighted by Crippen LogP contribution is -3.11. The van der Waals surface area contributed by atoms with Crippen molar-refractivity contribution in [1.29, 1.82) is 0 Å². The van der Waals surface area contributed by atoms with Gasteiger partial charge < -0.3 is 14.6 Å². The summed E-state index contributed by atoms with van der Waals surface area (Å²) >= 11 is 3.19. The molecular formula is C17H20BrN2O2+. The van der Waals surface area contributed by atoms with Crippen LogP contribution in [0.3, 0.4) is 0 Å². The van der Waals surface area contributed by atoms with Crippen LogP contribution in [0.4, 0.5) is 5.69 Å². The first-order valence-electron chi connectivity index (χ1n) is 7.70. The lowest BCUT2D eigenvalue weighted by molar-refractivity contribution is -0.918. The molecule has 0 bridgehead atoms. The van der Waals surface area contributed by atoms with E-state index in [0.29, 0.717) is 10.4 Å². The van der Waals surface area contributed by atoms with Gasteiger partial charge in [0.2, 0.25) is 0 Å². The summed E-state index contributed by atoms with van der Waals surface area (Å²) in [5, 5.41) is 2.84. The molecule has 2 aromatic rings. The maximum absolute atomic E-state index is 12.0. The van der Waals surface area contributed by atoms with Crippen LogP contribution in [0.25, 0.3) is 0 Å². The minimum Gasteiger partial charge on any atom is -0.444 e. The fraction of sp³-hybridized carbons (Fsp3) is 0.353. The summed E-state index contributed by atoms with van der Waals surface area (Å²) in [6, 6.07) is 11.4. The van der Waals surface area contributed by atoms with Gasteiger partial charge >= 0.3 is 0 Å². The van der Waals surface area contributed by atoms with Gasteiger partial charge in [0.15, 0.2) is 10.4 Å². The first-order chi connectivity index (χ1) is 10.7. The number of halogens is 1. The Balaban J connectivity index is 1.58. The molecule has 0 spiro atoms. The number of anilines is 1. The first kappa shape index (κ1) is 15.3. The van der Waals surface area contributed by atoms with E-state index >= 15 is 0 Å². The topological polar surface area (TPSA) is 46.7 Å². The standard InChI is InChI=1S/C17H19BrN2O2/c18-16-9-8-15(22-16)17(21)19-14-6-4-13(5-7-14)12-20-10-2-1-3-11-20/h4-9H,1-3,10-12H2,(H,19,21)/p+1. The van der Waals surface area contributed by atoms with Crippen LogP contribution in [-0.2, 0) is 6.54 Å². The Morgan fingerprint density at radius 1 is 1.09 bits per heavy atom. The van der Waals surface area contributed by atoms with Crippen molar-refractivity contribution in [2.45, 2.75) is 25.8 Å². The van der Waals surface area contributed by atoms with E-state index in [-0.39, 0.29) is 5.91 Å². The molecule has 1 aromatic carbocycles. The third kappa shape index (κ3) is 3.99. The maximum atomic E-state index is 12.0. The van der Waals surface area contributed by atoms with Gasteiger partial charge in [0.05, 0.1) is 13.1 Å². The van der Waals surface area contributed by atoms with Crippen molar-refractivity contribution in [3.8, 4) is 0 Å². The van der Waals surface area contributed by atoms with Gasteiger partial charge in [0.1, 0.15) is 6.54 Å². The van der Waals surface area contributed by atoms with Gasteiger partial charge in [0.25, 0.3) is 5.91 Å². The van der Waals surface area contributed by atoms with E-state index in [1.165, 1.54) is 37.9 Å². The highest BCUT2D eigenvalue weighted by molar-refractivity contribution is 9.10. The summed E-state index contributed by atoms with van der Waals surface area (Å²) in [4.78, 5) is 13.7.